The molecule has 2 aromatic carbocycles. The third kappa shape index (κ3) is 3.22. The number of aromatic hydroxyl groups is 1. The number of phenols is 1. The summed E-state index contributed by atoms with van der Waals surface area (Å²) in [5.41, 5.74) is -1.09. The Morgan fingerprint density at radius 3 is 2.44 bits per heavy atom. The highest BCUT2D eigenvalue weighted by atomic mass is 35.5. The first-order chi connectivity index (χ1) is 15.3. The van der Waals surface area contributed by atoms with Crippen LogP contribution in [-0.2, 0) is 0 Å². The van der Waals surface area contributed by atoms with Crippen LogP contribution in [0.3, 0.4) is 0 Å². The number of thiophene rings is 1. The number of hydrogen-bond donors (Lipinski definition) is 1. The molecule has 0 atom stereocenters. The standard InChI is InChI=1S/C23H10Cl2O6S/c24-10-3-5-14(26)12(8-10)19(27)22-17(20(28)16-2-1-7-32-16)18-21(31-22)13-9-11(25)4-6-15(13)30-23(18)29/h1-9,26H. The molecule has 0 saturated heterocycles. The van der Waals surface area contributed by atoms with Crippen LogP contribution in [0.1, 0.15) is 31.4 Å². The quantitative estimate of drug-likeness (QED) is 0.245. The minimum atomic E-state index is -0.840. The highest BCUT2D eigenvalue weighted by Crippen LogP contribution is 2.35. The lowest BCUT2D eigenvalue weighted by atomic mass is 10.00. The Morgan fingerprint density at radius 2 is 1.69 bits per heavy atom. The summed E-state index contributed by atoms with van der Waals surface area (Å²) >= 11 is 13.2. The van der Waals surface area contributed by atoms with Gasteiger partial charge in [-0.1, -0.05) is 29.3 Å². The Kier molecular flexibility index (Phi) is 4.89. The number of rotatable bonds is 4. The molecule has 3 heterocycles. The molecule has 9 heteroatoms. The minimum absolute atomic E-state index is 0.0106. The Bertz CT molecular complexity index is 1610. The third-order valence-electron chi connectivity index (χ3n) is 4.88. The number of carbonyl (C=O) groups is 2. The SMILES string of the molecule is O=C(c1cc(Cl)ccc1O)c1oc2c(c1C(=O)c1cccs1)c(=O)oc1ccc(Cl)cc12. The smallest absolute Gasteiger partial charge is 0.348 e. The molecule has 0 aliphatic rings. The van der Waals surface area contributed by atoms with Gasteiger partial charge in [0.1, 0.15) is 16.7 Å². The van der Waals surface area contributed by atoms with Crippen molar-refractivity contribution in [3.63, 3.8) is 0 Å². The van der Waals surface area contributed by atoms with Gasteiger partial charge in [-0.15, -0.1) is 11.3 Å². The maximum atomic E-state index is 13.4. The number of phenolic OH excluding ortho intramolecular Hbond substituents is 1. The molecule has 5 rings (SSSR count). The molecule has 0 unspecified atom stereocenters. The molecule has 1 N–H and O–H groups in total. The van der Waals surface area contributed by atoms with Crippen molar-refractivity contribution in [2.45, 2.75) is 0 Å². The van der Waals surface area contributed by atoms with Gasteiger partial charge in [-0.2, -0.15) is 0 Å². The van der Waals surface area contributed by atoms with E-state index in [1.165, 1.54) is 36.4 Å². The Balaban J connectivity index is 1.89. The van der Waals surface area contributed by atoms with Gasteiger partial charge in [0.25, 0.3) is 0 Å². The molecular weight excluding hydrogens is 475 g/mol. The normalized spacial score (nSPS) is 11.3. The molecule has 0 spiro atoms. The zero-order chi connectivity index (χ0) is 22.6. The number of carbonyl (C=O) groups excluding carboxylic acids is 2. The van der Waals surface area contributed by atoms with Gasteiger partial charge in [0.15, 0.2) is 11.3 Å². The van der Waals surface area contributed by atoms with Gasteiger partial charge in [-0.3, -0.25) is 9.59 Å². The van der Waals surface area contributed by atoms with E-state index >= 15 is 0 Å². The van der Waals surface area contributed by atoms with Crippen LogP contribution in [0.4, 0.5) is 0 Å². The summed E-state index contributed by atoms with van der Waals surface area (Å²) in [6.45, 7) is 0. The first-order valence-electron chi connectivity index (χ1n) is 9.15. The van der Waals surface area contributed by atoms with Crippen LogP contribution in [0, 0.1) is 0 Å². The van der Waals surface area contributed by atoms with E-state index in [1.54, 1.807) is 17.5 Å². The summed E-state index contributed by atoms with van der Waals surface area (Å²) in [5, 5.41) is 12.6. The van der Waals surface area contributed by atoms with Crippen molar-refractivity contribution < 1.29 is 23.5 Å². The molecule has 0 amide bonds. The fourth-order valence-corrected chi connectivity index (χ4v) is 4.47. The second kappa shape index (κ2) is 7.63. The molecule has 0 bridgehead atoms. The molecule has 0 aliphatic heterocycles. The van der Waals surface area contributed by atoms with Gasteiger partial charge in [-0.25, -0.2) is 4.79 Å². The van der Waals surface area contributed by atoms with E-state index in [2.05, 4.69) is 0 Å². The van der Waals surface area contributed by atoms with Crippen LogP contribution < -0.4 is 5.63 Å². The second-order valence-electron chi connectivity index (χ2n) is 6.84. The monoisotopic (exact) mass is 484 g/mol. The number of hydrogen-bond acceptors (Lipinski definition) is 7. The zero-order valence-corrected chi connectivity index (χ0v) is 18.2. The van der Waals surface area contributed by atoms with Gasteiger partial charge in [0, 0.05) is 10.0 Å². The van der Waals surface area contributed by atoms with Crippen LogP contribution in [0.25, 0.3) is 21.9 Å². The van der Waals surface area contributed by atoms with Crippen molar-refractivity contribution in [1.82, 2.24) is 0 Å². The summed E-state index contributed by atoms with van der Waals surface area (Å²) < 4.78 is 11.2. The van der Waals surface area contributed by atoms with Gasteiger partial charge in [0.05, 0.1) is 21.4 Å². The van der Waals surface area contributed by atoms with Crippen molar-refractivity contribution in [3.05, 3.63) is 96.1 Å². The van der Waals surface area contributed by atoms with Crippen LogP contribution in [-0.4, -0.2) is 16.7 Å². The van der Waals surface area contributed by atoms with E-state index in [0.717, 1.165) is 11.3 Å². The van der Waals surface area contributed by atoms with Crippen LogP contribution in [0.2, 0.25) is 10.0 Å². The van der Waals surface area contributed by atoms with Gasteiger partial charge in [0.2, 0.25) is 11.6 Å². The first kappa shape index (κ1) is 20.5. The van der Waals surface area contributed by atoms with Crippen LogP contribution in [0.15, 0.2) is 67.5 Å². The molecule has 158 valence electrons. The lowest BCUT2D eigenvalue weighted by Gasteiger charge is -2.04. The zero-order valence-electron chi connectivity index (χ0n) is 15.8. The summed E-state index contributed by atoms with van der Waals surface area (Å²) in [7, 11) is 0. The van der Waals surface area contributed by atoms with Gasteiger partial charge < -0.3 is 13.9 Å². The number of fused-ring (bicyclic) bond motifs is 3. The number of furan rings is 1. The van der Waals surface area contributed by atoms with E-state index in [9.17, 15) is 19.5 Å². The maximum Gasteiger partial charge on any atom is 0.348 e. The van der Waals surface area contributed by atoms with Crippen molar-refractivity contribution in [3.8, 4) is 5.75 Å². The molecule has 0 radical (unpaired) electrons. The second-order valence-corrected chi connectivity index (χ2v) is 8.66. The van der Waals surface area contributed by atoms with Crippen molar-refractivity contribution >= 4 is 68.0 Å². The highest BCUT2D eigenvalue weighted by Gasteiger charge is 2.32. The number of halogens is 2. The Hall–Kier alpha value is -3.39. The summed E-state index contributed by atoms with van der Waals surface area (Å²) in [6, 6.07) is 11.7. The largest absolute Gasteiger partial charge is 0.507 e. The average Bonchev–Trinajstić information content (AvgIpc) is 3.44. The van der Waals surface area contributed by atoms with Gasteiger partial charge in [-0.05, 0) is 47.8 Å². The molecular formula is C23H10Cl2O6S. The fraction of sp³-hybridized carbons (Fsp3) is 0. The number of ketones is 2. The third-order valence-corrected chi connectivity index (χ3v) is 6.22. The highest BCUT2D eigenvalue weighted by molar-refractivity contribution is 7.12. The van der Waals surface area contributed by atoms with E-state index < -0.39 is 23.0 Å². The van der Waals surface area contributed by atoms with Crippen molar-refractivity contribution in [1.29, 1.82) is 0 Å². The van der Waals surface area contributed by atoms with Crippen LogP contribution >= 0.6 is 34.5 Å². The molecule has 3 aromatic heterocycles. The fourth-order valence-electron chi connectivity index (χ4n) is 3.46. The topological polar surface area (TPSA) is 97.7 Å². The maximum absolute atomic E-state index is 13.4. The number of benzene rings is 2. The Morgan fingerprint density at radius 1 is 0.938 bits per heavy atom. The minimum Gasteiger partial charge on any atom is -0.507 e. The molecule has 6 nitrogen and oxygen atoms in total. The van der Waals surface area contributed by atoms with E-state index in [1.807, 2.05) is 0 Å². The van der Waals surface area contributed by atoms with Crippen LogP contribution in [0.5, 0.6) is 5.75 Å². The Labute approximate surface area is 193 Å². The summed E-state index contributed by atoms with van der Waals surface area (Å²) in [6.07, 6.45) is 0. The first-order valence-corrected chi connectivity index (χ1v) is 10.8. The predicted octanol–water partition coefficient (Wildman–Crippen LogP) is 6.08. The average molecular weight is 485 g/mol. The lowest BCUT2D eigenvalue weighted by Crippen LogP contribution is -2.11. The van der Waals surface area contributed by atoms with Gasteiger partial charge >= 0.3 is 5.63 Å². The molecule has 32 heavy (non-hydrogen) atoms. The van der Waals surface area contributed by atoms with E-state index in [4.69, 9.17) is 32.0 Å². The summed E-state index contributed by atoms with van der Waals surface area (Å²) in [4.78, 5) is 39.9. The van der Waals surface area contributed by atoms with E-state index in [0.29, 0.717) is 15.3 Å². The molecule has 5 aromatic rings. The lowest BCUT2D eigenvalue weighted by molar-refractivity contribution is 0.0985. The molecule has 0 fully saturated rings. The van der Waals surface area contributed by atoms with E-state index in [-0.39, 0.29) is 38.5 Å². The predicted molar refractivity (Wildman–Crippen MR) is 122 cm³/mol. The summed E-state index contributed by atoms with van der Waals surface area (Å²) in [5.74, 6) is -2.15. The van der Waals surface area contributed by atoms with Crippen molar-refractivity contribution in [2.75, 3.05) is 0 Å². The molecule has 0 saturated carbocycles. The molecule has 0 aliphatic carbocycles. The van der Waals surface area contributed by atoms with Crippen molar-refractivity contribution in [2.24, 2.45) is 0 Å².